The van der Waals surface area contributed by atoms with Crippen LogP contribution in [0.1, 0.15) is 13.3 Å². The Kier molecular flexibility index (Phi) is 3.01. The molecule has 0 aromatic heterocycles. The Bertz CT molecular complexity index is 259. The Morgan fingerprint density at radius 3 is 2.38 bits per heavy atom. The molecule has 0 spiro atoms. The van der Waals surface area contributed by atoms with Crippen LogP contribution in [0.3, 0.4) is 0 Å². The molecule has 0 fully saturated rings. The van der Waals surface area contributed by atoms with Gasteiger partial charge in [0.2, 0.25) is 5.78 Å². The predicted molar refractivity (Wildman–Crippen MR) is 49.3 cm³/mol. The van der Waals surface area contributed by atoms with Gasteiger partial charge >= 0.3 is 0 Å². The monoisotopic (exact) mass is 182 g/mol. The van der Waals surface area contributed by atoms with E-state index in [2.05, 4.69) is 0 Å². The largest absolute Gasteiger partial charge is 0.343 e. The van der Waals surface area contributed by atoms with Crippen LogP contribution in [0.25, 0.3) is 0 Å². The van der Waals surface area contributed by atoms with Crippen molar-refractivity contribution in [3.8, 4) is 0 Å². The van der Waals surface area contributed by atoms with Gasteiger partial charge in [-0.05, 0) is 18.1 Å². The van der Waals surface area contributed by atoms with E-state index in [4.69, 9.17) is 9.47 Å². The molecule has 0 saturated heterocycles. The number of allylic oxidation sites excluding steroid dienone is 2. The maximum absolute atomic E-state index is 11.6. The lowest BCUT2D eigenvalue weighted by atomic mass is 9.94. The number of ether oxygens (including phenoxy) is 2. The zero-order chi connectivity index (χ0) is 9.90. The summed E-state index contributed by atoms with van der Waals surface area (Å²) in [6.45, 7) is 1.96. The van der Waals surface area contributed by atoms with Crippen molar-refractivity contribution in [1.29, 1.82) is 0 Å². The maximum atomic E-state index is 11.6. The highest BCUT2D eigenvalue weighted by atomic mass is 16.7. The first kappa shape index (κ1) is 10.2. The number of carbonyl (C=O) groups excluding carboxylic acids is 1. The molecule has 0 unspecified atom stereocenters. The van der Waals surface area contributed by atoms with Crippen molar-refractivity contribution in [2.75, 3.05) is 14.2 Å². The number of hydrogen-bond donors (Lipinski definition) is 0. The summed E-state index contributed by atoms with van der Waals surface area (Å²) in [7, 11) is 2.95. The van der Waals surface area contributed by atoms with Gasteiger partial charge in [0, 0.05) is 14.2 Å². The van der Waals surface area contributed by atoms with E-state index < -0.39 is 5.79 Å². The zero-order valence-corrected chi connectivity index (χ0v) is 8.16. The molecule has 0 N–H and O–H groups in total. The molecule has 1 aliphatic rings. The molecule has 0 aromatic carbocycles. The number of hydrogen-bond acceptors (Lipinski definition) is 3. The average molecular weight is 182 g/mol. The lowest BCUT2D eigenvalue weighted by Crippen LogP contribution is -2.44. The van der Waals surface area contributed by atoms with Gasteiger partial charge in [-0.25, -0.2) is 0 Å². The Balaban J connectivity index is 3.09. The van der Waals surface area contributed by atoms with Gasteiger partial charge in [0.25, 0.3) is 5.79 Å². The van der Waals surface area contributed by atoms with E-state index in [1.54, 1.807) is 6.08 Å². The van der Waals surface area contributed by atoms with Crippen molar-refractivity contribution >= 4 is 5.78 Å². The van der Waals surface area contributed by atoms with Crippen LogP contribution in [0.5, 0.6) is 0 Å². The van der Waals surface area contributed by atoms with Crippen LogP contribution < -0.4 is 0 Å². The number of methoxy groups -OCH3 is 2. The van der Waals surface area contributed by atoms with Crippen LogP contribution >= 0.6 is 0 Å². The maximum Gasteiger partial charge on any atom is 0.256 e. The molecule has 0 aromatic rings. The fourth-order valence-electron chi connectivity index (χ4n) is 1.53. The third kappa shape index (κ3) is 1.45. The van der Waals surface area contributed by atoms with Gasteiger partial charge in [-0.1, -0.05) is 19.1 Å². The first-order valence-electron chi connectivity index (χ1n) is 4.23. The Morgan fingerprint density at radius 2 is 2.00 bits per heavy atom. The Labute approximate surface area is 78.0 Å². The number of ketones is 1. The molecule has 13 heavy (non-hydrogen) atoms. The van der Waals surface area contributed by atoms with Crippen LogP contribution in [0.2, 0.25) is 0 Å². The Hall–Kier alpha value is -0.930. The van der Waals surface area contributed by atoms with Crippen molar-refractivity contribution < 1.29 is 14.3 Å². The molecule has 1 aliphatic carbocycles. The molecule has 0 atom stereocenters. The van der Waals surface area contributed by atoms with E-state index in [0.29, 0.717) is 0 Å². The van der Waals surface area contributed by atoms with E-state index in [-0.39, 0.29) is 5.78 Å². The van der Waals surface area contributed by atoms with Crippen molar-refractivity contribution in [2.24, 2.45) is 0 Å². The third-order valence-electron chi connectivity index (χ3n) is 2.25. The second kappa shape index (κ2) is 3.85. The molecule has 3 heteroatoms. The molecule has 0 amide bonds. The second-order valence-electron chi connectivity index (χ2n) is 2.79. The van der Waals surface area contributed by atoms with Gasteiger partial charge in [0.1, 0.15) is 0 Å². The minimum absolute atomic E-state index is 0.156. The number of carbonyl (C=O) groups is 1. The quantitative estimate of drug-likeness (QED) is 0.620. The zero-order valence-electron chi connectivity index (χ0n) is 8.16. The summed E-state index contributed by atoms with van der Waals surface area (Å²) < 4.78 is 10.3. The van der Waals surface area contributed by atoms with Gasteiger partial charge in [-0.3, -0.25) is 4.79 Å². The molecular weight excluding hydrogens is 168 g/mol. The highest BCUT2D eigenvalue weighted by molar-refractivity contribution is 5.99. The SMILES string of the molecule is CCC1=CC=CC(=O)C1(OC)OC. The molecule has 1 rings (SSSR count). The molecular formula is C10H14O3. The van der Waals surface area contributed by atoms with E-state index in [1.807, 2.05) is 13.0 Å². The van der Waals surface area contributed by atoms with Crippen LogP contribution in [-0.2, 0) is 14.3 Å². The van der Waals surface area contributed by atoms with Crippen molar-refractivity contribution in [2.45, 2.75) is 19.1 Å². The summed E-state index contributed by atoms with van der Waals surface area (Å²) in [6, 6.07) is 0. The van der Waals surface area contributed by atoms with Crippen LogP contribution in [-0.4, -0.2) is 25.8 Å². The van der Waals surface area contributed by atoms with Gasteiger partial charge in [0.15, 0.2) is 0 Å². The van der Waals surface area contributed by atoms with Crippen molar-refractivity contribution in [1.82, 2.24) is 0 Å². The summed E-state index contributed by atoms with van der Waals surface area (Å²) in [5, 5.41) is 0. The molecule has 3 nitrogen and oxygen atoms in total. The standard InChI is InChI=1S/C10H14O3/c1-4-8-6-5-7-9(11)10(8,12-2)13-3/h5-7H,4H2,1-3H3. The summed E-state index contributed by atoms with van der Waals surface area (Å²) >= 11 is 0. The topological polar surface area (TPSA) is 35.5 Å². The second-order valence-corrected chi connectivity index (χ2v) is 2.79. The molecule has 0 radical (unpaired) electrons. The highest BCUT2D eigenvalue weighted by Crippen LogP contribution is 2.29. The first-order valence-corrected chi connectivity index (χ1v) is 4.23. The van der Waals surface area contributed by atoms with Gasteiger partial charge < -0.3 is 9.47 Å². The molecule has 72 valence electrons. The first-order chi connectivity index (χ1) is 6.21. The fraction of sp³-hybridized carbons (Fsp3) is 0.500. The normalized spacial score (nSPS) is 20.2. The van der Waals surface area contributed by atoms with Crippen molar-refractivity contribution in [3.05, 3.63) is 23.8 Å². The minimum atomic E-state index is -1.18. The Morgan fingerprint density at radius 1 is 1.38 bits per heavy atom. The van der Waals surface area contributed by atoms with Gasteiger partial charge in [-0.15, -0.1) is 0 Å². The lowest BCUT2D eigenvalue weighted by Gasteiger charge is -2.31. The van der Waals surface area contributed by atoms with Gasteiger partial charge in [-0.2, -0.15) is 0 Å². The van der Waals surface area contributed by atoms with Gasteiger partial charge in [0.05, 0.1) is 0 Å². The van der Waals surface area contributed by atoms with Crippen LogP contribution in [0, 0.1) is 0 Å². The van der Waals surface area contributed by atoms with Crippen molar-refractivity contribution in [3.63, 3.8) is 0 Å². The third-order valence-corrected chi connectivity index (χ3v) is 2.25. The molecule has 0 bridgehead atoms. The molecule has 0 heterocycles. The highest BCUT2D eigenvalue weighted by Gasteiger charge is 2.41. The summed E-state index contributed by atoms with van der Waals surface area (Å²) in [4.78, 5) is 11.6. The van der Waals surface area contributed by atoms with E-state index >= 15 is 0 Å². The minimum Gasteiger partial charge on any atom is -0.343 e. The summed E-state index contributed by atoms with van der Waals surface area (Å²) in [5.74, 6) is -1.33. The smallest absolute Gasteiger partial charge is 0.256 e. The lowest BCUT2D eigenvalue weighted by molar-refractivity contribution is -0.186. The van der Waals surface area contributed by atoms with Crippen LogP contribution in [0.4, 0.5) is 0 Å². The molecule has 0 saturated carbocycles. The predicted octanol–water partition coefficient (Wildman–Crippen LogP) is 1.45. The van der Waals surface area contributed by atoms with Crippen LogP contribution in [0.15, 0.2) is 23.8 Å². The van der Waals surface area contributed by atoms with E-state index in [0.717, 1.165) is 12.0 Å². The summed E-state index contributed by atoms with van der Waals surface area (Å²) in [5.41, 5.74) is 0.852. The fourth-order valence-corrected chi connectivity index (χ4v) is 1.53. The number of rotatable bonds is 3. The molecule has 0 aliphatic heterocycles. The average Bonchev–Trinajstić information content (AvgIpc) is 2.18. The van der Waals surface area contributed by atoms with E-state index in [9.17, 15) is 4.79 Å². The summed E-state index contributed by atoms with van der Waals surface area (Å²) in [6.07, 6.45) is 5.77. The van der Waals surface area contributed by atoms with E-state index in [1.165, 1.54) is 20.3 Å².